The first-order valence-electron chi connectivity index (χ1n) is 6.31. The first kappa shape index (κ1) is 14.0. The molecule has 3 N–H and O–H groups in total. The van der Waals surface area contributed by atoms with Crippen LogP contribution in [0.3, 0.4) is 0 Å². The van der Waals surface area contributed by atoms with Gasteiger partial charge in [-0.15, -0.1) is 0 Å². The molecule has 1 heterocycles. The lowest BCUT2D eigenvalue weighted by Gasteiger charge is -2.10. The van der Waals surface area contributed by atoms with E-state index >= 15 is 0 Å². The van der Waals surface area contributed by atoms with Gasteiger partial charge < -0.3 is 15.4 Å². The van der Waals surface area contributed by atoms with Crippen molar-refractivity contribution in [2.24, 2.45) is 0 Å². The third-order valence-electron chi connectivity index (χ3n) is 3.04. The Morgan fingerprint density at radius 1 is 1.53 bits per heavy atom. The van der Waals surface area contributed by atoms with Crippen molar-refractivity contribution >= 4 is 27.5 Å². The molecule has 2 atom stereocenters. The molecule has 6 heteroatoms. The molecule has 0 aliphatic rings. The molecule has 0 saturated heterocycles. The molecule has 0 bridgehead atoms. The maximum atomic E-state index is 11.6. The highest BCUT2D eigenvalue weighted by Gasteiger charge is 2.15. The molecule has 0 aliphatic carbocycles. The first-order valence-corrected chi connectivity index (χ1v) is 7.80. The van der Waals surface area contributed by atoms with Crippen molar-refractivity contribution in [1.29, 1.82) is 0 Å². The SMILES string of the molecule is CCS(=O)CCn1c(C(C)O)nc2cc(N)ccc21. The topological polar surface area (TPSA) is 81.1 Å². The van der Waals surface area contributed by atoms with E-state index < -0.39 is 16.9 Å². The highest BCUT2D eigenvalue weighted by molar-refractivity contribution is 7.84. The van der Waals surface area contributed by atoms with Crippen molar-refractivity contribution < 1.29 is 9.32 Å². The van der Waals surface area contributed by atoms with Crippen molar-refractivity contribution in [1.82, 2.24) is 9.55 Å². The Labute approximate surface area is 114 Å². The number of nitrogens with zero attached hydrogens (tertiary/aromatic N) is 2. The molecule has 0 amide bonds. The second-order valence-electron chi connectivity index (χ2n) is 4.48. The first-order chi connectivity index (χ1) is 9.02. The van der Waals surface area contributed by atoms with Crippen molar-refractivity contribution in [3.8, 4) is 0 Å². The third kappa shape index (κ3) is 2.96. The van der Waals surface area contributed by atoms with Gasteiger partial charge in [-0.3, -0.25) is 4.21 Å². The molecule has 1 aromatic heterocycles. The van der Waals surface area contributed by atoms with Crippen LogP contribution in [0, 0.1) is 0 Å². The van der Waals surface area contributed by atoms with Gasteiger partial charge in [0.05, 0.1) is 11.0 Å². The van der Waals surface area contributed by atoms with E-state index in [1.807, 2.05) is 23.6 Å². The Morgan fingerprint density at radius 2 is 2.26 bits per heavy atom. The number of benzene rings is 1. The highest BCUT2D eigenvalue weighted by atomic mass is 32.2. The Bertz CT molecular complexity index is 607. The number of nitrogens with two attached hydrogens (primary N) is 1. The second kappa shape index (κ2) is 5.71. The van der Waals surface area contributed by atoms with Gasteiger partial charge in [0.1, 0.15) is 11.9 Å². The number of nitrogen functional groups attached to an aromatic ring is 1. The number of aromatic nitrogens is 2. The highest BCUT2D eigenvalue weighted by Crippen LogP contribution is 2.22. The maximum Gasteiger partial charge on any atom is 0.138 e. The van der Waals surface area contributed by atoms with E-state index in [2.05, 4.69) is 4.98 Å². The summed E-state index contributed by atoms with van der Waals surface area (Å²) in [7, 11) is -0.835. The fourth-order valence-corrected chi connectivity index (χ4v) is 2.73. The Hall–Kier alpha value is -1.40. The summed E-state index contributed by atoms with van der Waals surface area (Å²) in [4.78, 5) is 4.41. The number of hydrogen-bond acceptors (Lipinski definition) is 4. The molecule has 0 spiro atoms. The normalized spacial score (nSPS) is 14.7. The lowest BCUT2D eigenvalue weighted by Crippen LogP contribution is -2.13. The number of hydrogen-bond donors (Lipinski definition) is 2. The number of fused-ring (bicyclic) bond motifs is 1. The van der Waals surface area contributed by atoms with Crippen LogP contribution >= 0.6 is 0 Å². The predicted octanol–water partition coefficient (Wildman–Crippen LogP) is 1.44. The van der Waals surface area contributed by atoms with Crippen LogP contribution in [0.1, 0.15) is 25.8 Å². The molecule has 0 fully saturated rings. The molecular weight excluding hydrogens is 262 g/mol. The number of imidazole rings is 1. The molecule has 1 aromatic carbocycles. The van der Waals surface area contributed by atoms with Gasteiger partial charge in [0, 0.05) is 34.5 Å². The van der Waals surface area contributed by atoms with E-state index in [0.717, 1.165) is 11.0 Å². The van der Waals surface area contributed by atoms with Crippen LogP contribution in [0.15, 0.2) is 18.2 Å². The standard InChI is InChI=1S/C13H19N3O2S/c1-3-19(18)7-6-16-12-5-4-10(14)8-11(12)15-13(16)9(2)17/h4-5,8-9,17H,3,6-7,14H2,1-2H3. The van der Waals surface area contributed by atoms with Crippen LogP contribution in [-0.2, 0) is 17.3 Å². The summed E-state index contributed by atoms with van der Waals surface area (Å²) in [5.41, 5.74) is 8.06. The quantitative estimate of drug-likeness (QED) is 0.813. The lowest BCUT2D eigenvalue weighted by atomic mass is 10.3. The van der Waals surface area contributed by atoms with Gasteiger partial charge in [0.15, 0.2) is 0 Å². The number of aliphatic hydroxyl groups is 1. The largest absolute Gasteiger partial charge is 0.399 e. The van der Waals surface area contributed by atoms with E-state index in [1.54, 1.807) is 13.0 Å². The van der Waals surface area contributed by atoms with Gasteiger partial charge in [-0.1, -0.05) is 6.92 Å². The summed E-state index contributed by atoms with van der Waals surface area (Å²) in [5.74, 6) is 1.80. The number of aryl methyl sites for hydroxylation is 1. The number of rotatable bonds is 5. The van der Waals surface area contributed by atoms with Crippen molar-refractivity contribution in [2.45, 2.75) is 26.5 Å². The molecule has 0 aliphatic heterocycles. The van der Waals surface area contributed by atoms with Crippen LogP contribution in [0.2, 0.25) is 0 Å². The molecule has 5 nitrogen and oxygen atoms in total. The Balaban J connectivity index is 2.43. The van der Waals surface area contributed by atoms with Crippen LogP contribution in [0.4, 0.5) is 5.69 Å². The fourth-order valence-electron chi connectivity index (χ4n) is 2.06. The molecule has 104 valence electrons. The number of aliphatic hydroxyl groups excluding tert-OH is 1. The molecule has 0 saturated carbocycles. The minimum atomic E-state index is -0.835. The lowest BCUT2D eigenvalue weighted by molar-refractivity contribution is 0.185. The van der Waals surface area contributed by atoms with Crippen LogP contribution < -0.4 is 5.73 Å². The summed E-state index contributed by atoms with van der Waals surface area (Å²) in [5, 5.41) is 9.81. The molecule has 2 aromatic rings. The second-order valence-corrected chi connectivity index (χ2v) is 6.34. The fraction of sp³-hybridized carbons (Fsp3) is 0.462. The Kier molecular flexibility index (Phi) is 4.21. The van der Waals surface area contributed by atoms with E-state index in [4.69, 9.17) is 5.73 Å². The summed E-state index contributed by atoms with van der Waals surface area (Å²) in [6.07, 6.45) is -0.663. The average Bonchev–Trinajstić information content (AvgIpc) is 2.73. The Morgan fingerprint density at radius 3 is 2.89 bits per heavy atom. The van der Waals surface area contributed by atoms with Gasteiger partial charge >= 0.3 is 0 Å². The summed E-state index contributed by atoms with van der Waals surface area (Å²) < 4.78 is 13.5. The molecule has 2 rings (SSSR count). The zero-order chi connectivity index (χ0) is 14.0. The minimum absolute atomic E-state index is 0.562. The molecule has 0 radical (unpaired) electrons. The smallest absolute Gasteiger partial charge is 0.138 e. The van der Waals surface area contributed by atoms with Gasteiger partial charge in [-0.2, -0.15) is 0 Å². The van der Waals surface area contributed by atoms with Gasteiger partial charge in [-0.25, -0.2) is 4.98 Å². The third-order valence-corrected chi connectivity index (χ3v) is 4.32. The van der Waals surface area contributed by atoms with Crippen LogP contribution in [0.5, 0.6) is 0 Å². The van der Waals surface area contributed by atoms with E-state index in [-0.39, 0.29) is 0 Å². The minimum Gasteiger partial charge on any atom is -0.399 e. The van der Waals surface area contributed by atoms with Gasteiger partial charge in [-0.05, 0) is 25.1 Å². The zero-order valence-corrected chi connectivity index (χ0v) is 12.0. The summed E-state index contributed by atoms with van der Waals surface area (Å²) >= 11 is 0. The van der Waals surface area contributed by atoms with Gasteiger partial charge in [0.2, 0.25) is 0 Å². The zero-order valence-electron chi connectivity index (χ0n) is 11.2. The van der Waals surface area contributed by atoms with E-state index in [1.165, 1.54) is 0 Å². The average molecular weight is 281 g/mol. The predicted molar refractivity (Wildman–Crippen MR) is 78.3 cm³/mol. The monoisotopic (exact) mass is 281 g/mol. The van der Waals surface area contributed by atoms with Crippen molar-refractivity contribution in [2.75, 3.05) is 17.2 Å². The van der Waals surface area contributed by atoms with Gasteiger partial charge in [0.25, 0.3) is 0 Å². The number of anilines is 1. The molecular formula is C13H19N3O2S. The summed E-state index contributed by atoms with van der Waals surface area (Å²) in [6.45, 7) is 4.16. The van der Waals surface area contributed by atoms with Crippen LogP contribution in [0.25, 0.3) is 11.0 Å². The van der Waals surface area contributed by atoms with E-state index in [9.17, 15) is 9.32 Å². The molecule has 19 heavy (non-hydrogen) atoms. The van der Waals surface area contributed by atoms with E-state index in [0.29, 0.717) is 29.6 Å². The summed E-state index contributed by atoms with van der Waals surface area (Å²) in [6, 6.07) is 5.48. The van der Waals surface area contributed by atoms with Crippen molar-refractivity contribution in [3.63, 3.8) is 0 Å². The van der Waals surface area contributed by atoms with Crippen LogP contribution in [-0.4, -0.2) is 30.4 Å². The molecule has 2 unspecified atom stereocenters. The van der Waals surface area contributed by atoms with Crippen molar-refractivity contribution in [3.05, 3.63) is 24.0 Å². The maximum absolute atomic E-state index is 11.6.